The molecule has 0 saturated carbocycles. The Hall–Kier alpha value is -3.23. The Balaban J connectivity index is 1.45. The molecular formula is C30H26F5IN6O2S. The summed E-state index contributed by atoms with van der Waals surface area (Å²) in [5.41, 5.74) is 5.59. The smallest absolute Gasteiger partial charge is 0.319 e. The molecule has 2 aromatic carbocycles. The molecule has 8 nitrogen and oxygen atoms in total. The fourth-order valence-electron chi connectivity index (χ4n) is 6.96. The van der Waals surface area contributed by atoms with Gasteiger partial charge in [0, 0.05) is 23.9 Å². The summed E-state index contributed by atoms with van der Waals surface area (Å²) in [4.78, 5) is 12.3. The van der Waals surface area contributed by atoms with Crippen molar-refractivity contribution in [1.29, 1.82) is 5.26 Å². The minimum Gasteiger partial charge on any atom is -0.489 e. The van der Waals surface area contributed by atoms with Crippen molar-refractivity contribution in [3.63, 3.8) is 0 Å². The molecule has 2 aromatic heterocycles. The maximum absolute atomic E-state index is 16.9. The Morgan fingerprint density at radius 3 is 2.89 bits per heavy atom. The van der Waals surface area contributed by atoms with Gasteiger partial charge in [0.25, 0.3) is 6.43 Å². The average Bonchev–Trinajstić information content (AvgIpc) is 3.63. The number of nitriles is 1. The van der Waals surface area contributed by atoms with Crippen LogP contribution in [0.1, 0.15) is 25.7 Å². The number of rotatable bonds is 7. The summed E-state index contributed by atoms with van der Waals surface area (Å²) >= 11 is 2.95. The van der Waals surface area contributed by atoms with E-state index in [4.69, 9.17) is 15.2 Å². The second kappa shape index (κ2) is 11.5. The minimum atomic E-state index is -2.81. The molecular weight excluding hydrogens is 730 g/mol. The number of alkyl halides is 3. The van der Waals surface area contributed by atoms with E-state index in [2.05, 4.69) is 9.97 Å². The lowest BCUT2D eigenvalue weighted by Crippen LogP contribution is -2.44. The van der Waals surface area contributed by atoms with Gasteiger partial charge in [-0.05, 0) is 59.7 Å². The second-order valence-electron chi connectivity index (χ2n) is 11.6. The van der Waals surface area contributed by atoms with Gasteiger partial charge in [-0.1, -0.05) is 6.07 Å². The zero-order valence-electron chi connectivity index (χ0n) is 23.6. The van der Waals surface area contributed by atoms with Crippen LogP contribution < -0.4 is 20.1 Å². The standard InChI is InChI=1S/C30H26F5IN6O2S/c31-14-9-30(5-1-7-41(30)10-14)13-44-29-39-25-22-26(43-12-15(4-6-37)42(11-19(33)34)28(22)40-29)24(36)21(23(25)35)16-2-3-18(32)27-17(16)8-20(38)45-27/h2-3,8,14-15,19H,1,4-5,7,9-13,38H2/t14-,15?,30+/m1/s1. The maximum Gasteiger partial charge on any atom is 0.319 e. The zero-order valence-corrected chi connectivity index (χ0v) is 26.6. The average molecular weight is 757 g/mol. The molecule has 236 valence electrons. The number of fused-ring (bicyclic) bond motifs is 2. The summed E-state index contributed by atoms with van der Waals surface area (Å²) in [7, 11) is 0. The summed E-state index contributed by atoms with van der Waals surface area (Å²) in [5.74, 6) is -1.22. The fourth-order valence-corrected chi connectivity index (χ4v) is 8.77. The predicted octanol–water partition coefficient (Wildman–Crippen LogP) is 6.68. The third-order valence-corrected chi connectivity index (χ3v) is 10.9. The number of thiophene rings is 1. The highest BCUT2D eigenvalue weighted by atomic mass is 127. The summed E-state index contributed by atoms with van der Waals surface area (Å²) in [5, 5.41) is 10.3. The van der Waals surface area contributed by atoms with Crippen LogP contribution in [0.4, 0.5) is 32.8 Å². The number of hydrogen-bond acceptors (Lipinski definition) is 9. The molecule has 2 saturated heterocycles. The molecule has 2 N–H and O–H groups in total. The summed E-state index contributed by atoms with van der Waals surface area (Å²) in [6, 6.07) is 5.15. The molecule has 7 rings (SSSR count). The van der Waals surface area contributed by atoms with Gasteiger partial charge in [0.1, 0.15) is 42.3 Å². The highest BCUT2D eigenvalue weighted by Gasteiger charge is 2.49. The molecule has 3 aliphatic heterocycles. The van der Waals surface area contributed by atoms with Crippen molar-refractivity contribution in [2.75, 3.05) is 43.5 Å². The maximum atomic E-state index is 16.9. The van der Waals surface area contributed by atoms with E-state index >= 15 is 4.39 Å². The van der Waals surface area contributed by atoms with Crippen LogP contribution in [-0.2, 0) is 0 Å². The number of ether oxygens (including phenoxy) is 2. The number of nitrogens with two attached hydrogens (primary N) is 1. The Bertz CT molecular complexity index is 1870. The van der Waals surface area contributed by atoms with Gasteiger partial charge < -0.3 is 20.1 Å². The minimum absolute atomic E-state index is 0.0316. The SMILES string of the molecule is N#CCC1COc2c(I)c(-c3ccc(F)c4sc(N)cc34)c(F)c3nc(OC[C@@]45CCCN4C[C@H](F)C5)nc(c23)N1CC(F)F. The predicted molar refractivity (Wildman–Crippen MR) is 169 cm³/mol. The van der Waals surface area contributed by atoms with E-state index in [1.165, 1.54) is 17.0 Å². The van der Waals surface area contributed by atoms with Crippen LogP contribution in [0, 0.1) is 26.5 Å². The van der Waals surface area contributed by atoms with Gasteiger partial charge in [-0.2, -0.15) is 15.2 Å². The number of nitrogens with zero attached hydrogens (tertiary/aromatic N) is 5. The number of aromatic nitrogens is 2. The van der Waals surface area contributed by atoms with Gasteiger partial charge in [-0.3, -0.25) is 4.90 Å². The molecule has 5 heterocycles. The van der Waals surface area contributed by atoms with E-state index in [1.807, 2.05) is 33.6 Å². The molecule has 2 fully saturated rings. The van der Waals surface area contributed by atoms with E-state index < -0.39 is 42.4 Å². The van der Waals surface area contributed by atoms with Crippen LogP contribution in [0.3, 0.4) is 0 Å². The summed E-state index contributed by atoms with van der Waals surface area (Å²) < 4.78 is 86.9. The van der Waals surface area contributed by atoms with Gasteiger partial charge in [0.2, 0.25) is 0 Å². The Morgan fingerprint density at radius 2 is 2.11 bits per heavy atom. The van der Waals surface area contributed by atoms with Crippen LogP contribution in [-0.4, -0.2) is 71.9 Å². The number of anilines is 2. The van der Waals surface area contributed by atoms with Crippen molar-refractivity contribution in [1.82, 2.24) is 14.9 Å². The first-order valence-corrected chi connectivity index (χ1v) is 16.3. The molecule has 3 aliphatic rings. The molecule has 0 spiro atoms. The van der Waals surface area contributed by atoms with Crippen LogP contribution >= 0.6 is 33.9 Å². The van der Waals surface area contributed by atoms with Gasteiger partial charge >= 0.3 is 6.01 Å². The molecule has 0 amide bonds. The number of nitrogen functional groups attached to an aromatic ring is 1. The lowest BCUT2D eigenvalue weighted by Gasteiger charge is -2.31. The lowest BCUT2D eigenvalue weighted by atomic mass is 9.95. The molecule has 15 heteroatoms. The van der Waals surface area contributed by atoms with Crippen molar-refractivity contribution in [3.8, 4) is 29.0 Å². The van der Waals surface area contributed by atoms with E-state index in [0.29, 0.717) is 32.5 Å². The molecule has 1 unspecified atom stereocenters. The highest BCUT2D eigenvalue weighted by molar-refractivity contribution is 14.1. The molecule has 45 heavy (non-hydrogen) atoms. The van der Waals surface area contributed by atoms with Crippen molar-refractivity contribution in [2.45, 2.75) is 49.9 Å². The van der Waals surface area contributed by atoms with Gasteiger partial charge in [0.05, 0.1) is 49.3 Å². The molecule has 0 aliphatic carbocycles. The zero-order chi connectivity index (χ0) is 31.6. The van der Waals surface area contributed by atoms with Crippen molar-refractivity contribution >= 4 is 65.7 Å². The Labute approximate surface area is 272 Å². The molecule has 0 bridgehead atoms. The van der Waals surface area contributed by atoms with E-state index in [1.54, 1.807) is 6.07 Å². The van der Waals surface area contributed by atoms with Crippen molar-refractivity contribution < 1.29 is 31.4 Å². The van der Waals surface area contributed by atoms with Gasteiger partial charge in [0.15, 0.2) is 5.82 Å². The number of halogens is 6. The first-order chi connectivity index (χ1) is 21.6. The molecule has 4 aromatic rings. The monoisotopic (exact) mass is 756 g/mol. The van der Waals surface area contributed by atoms with Crippen LogP contribution in [0.15, 0.2) is 18.2 Å². The fraction of sp³-hybridized carbons (Fsp3) is 0.433. The largest absolute Gasteiger partial charge is 0.489 e. The lowest BCUT2D eigenvalue weighted by molar-refractivity contribution is 0.107. The normalized spacial score (nSPS) is 23.0. The molecule has 3 atom stereocenters. The Kier molecular flexibility index (Phi) is 7.80. The Morgan fingerprint density at radius 1 is 1.29 bits per heavy atom. The van der Waals surface area contributed by atoms with Crippen LogP contribution in [0.25, 0.3) is 32.1 Å². The van der Waals surface area contributed by atoms with Gasteiger partial charge in [-0.15, -0.1) is 11.3 Å². The quantitative estimate of drug-likeness (QED) is 0.165. The number of benzene rings is 2. The molecule has 0 radical (unpaired) electrons. The van der Waals surface area contributed by atoms with Crippen LogP contribution in [0.5, 0.6) is 11.8 Å². The third-order valence-electron chi connectivity index (χ3n) is 8.89. The van der Waals surface area contributed by atoms with Gasteiger partial charge in [-0.25, -0.2) is 22.0 Å². The van der Waals surface area contributed by atoms with Crippen molar-refractivity contribution in [3.05, 3.63) is 33.4 Å². The first-order valence-electron chi connectivity index (χ1n) is 14.4. The van der Waals surface area contributed by atoms with E-state index in [-0.39, 0.29) is 64.8 Å². The van der Waals surface area contributed by atoms with Crippen molar-refractivity contribution in [2.24, 2.45) is 0 Å². The summed E-state index contributed by atoms with van der Waals surface area (Å²) in [6.45, 7) is 0.0885. The van der Waals surface area contributed by atoms with Crippen LogP contribution in [0.2, 0.25) is 0 Å². The highest BCUT2D eigenvalue weighted by Crippen LogP contribution is 2.49. The van der Waals surface area contributed by atoms with E-state index in [0.717, 1.165) is 24.3 Å². The third kappa shape index (κ3) is 5.09. The summed E-state index contributed by atoms with van der Waals surface area (Å²) in [6.07, 6.45) is -2.15. The number of hydrogen-bond donors (Lipinski definition) is 1. The first kappa shape index (κ1) is 30.4. The second-order valence-corrected chi connectivity index (χ2v) is 13.8. The van der Waals surface area contributed by atoms with E-state index in [9.17, 15) is 22.8 Å². The topological polar surface area (TPSA) is 101 Å².